The van der Waals surface area contributed by atoms with Gasteiger partial charge >= 0.3 is 0 Å². The second-order valence-electron chi connectivity index (χ2n) is 4.28. The zero-order valence-electron chi connectivity index (χ0n) is 8.39. The number of likely N-dealkylation sites (N-methyl/N-ethyl adjacent to an activating group) is 1. The third-order valence-corrected chi connectivity index (χ3v) is 2.19. The number of hydrogen-bond donors (Lipinski definition) is 1. The summed E-state index contributed by atoms with van der Waals surface area (Å²) in [6, 6.07) is 0. The highest BCUT2D eigenvalue weighted by Gasteiger charge is 2.32. The zero-order chi connectivity index (χ0) is 9.03. The van der Waals surface area contributed by atoms with E-state index in [4.69, 9.17) is 4.74 Å². The van der Waals surface area contributed by atoms with Gasteiger partial charge in [-0.05, 0) is 14.1 Å². The van der Waals surface area contributed by atoms with Crippen LogP contribution in [0, 0.1) is 5.41 Å². The van der Waals surface area contributed by atoms with Gasteiger partial charge in [0, 0.05) is 25.0 Å². The molecule has 0 saturated carbocycles. The number of nitrogens with zero attached hydrogens (tertiary/aromatic N) is 1. The van der Waals surface area contributed by atoms with Gasteiger partial charge in [0.15, 0.2) is 0 Å². The third-order valence-electron chi connectivity index (χ3n) is 2.19. The van der Waals surface area contributed by atoms with Crippen molar-refractivity contribution in [2.45, 2.75) is 6.92 Å². The molecule has 1 aliphatic rings. The van der Waals surface area contributed by atoms with Crippen molar-refractivity contribution in [3.63, 3.8) is 0 Å². The van der Waals surface area contributed by atoms with Crippen molar-refractivity contribution < 1.29 is 4.74 Å². The highest BCUT2D eigenvalue weighted by atomic mass is 16.5. The molecule has 72 valence electrons. The van der Waals surface area contributed by atoms with Crippen molar-refractivity contribution >= 4 is 0 Å². The summed E-state index contributed by atoms with van der Waals surface area (Å²) in [6.07, 6.45) is 0. The van der Waals surface area contributed by atoms with Gasteiger partial charge in [0.1, 0.15) is 0 Å². The van der Waals surface area contributed by atoms with Crippen LogP contribution in [0.15, 0.2) is 0 Å². The Labute approximate surface area is 75.1 Å². The van der Waals surface area contributed by atoms with Gasteiger partial charge in [-0.25, -0.2) is 0 Å². The highest BCUT2D eigenvalue weighted by Crippen LogP contribution is 2.24. The minimum absolute atomic E-state index is 0.409. The fourth-order valence-corrected chi connectivity index (χ4v) is 1.25. The summed E-state index contributed by atoms with van der Waals surface area (Å²) in [7, 11) is 4.19. The van der Waals surface area contributed by atoms with Gasteiger partial charge in [0.2, 0.25) is 0 Å². The number of nitrogens with one attached hydrogen (secondary N) is 1. The normalized spacial score (nSPS) is 21.0. The van der Waals surface area contributed by atoms with Gasteiger partial charge in [-0.1, -0.05) is 6.92 Å². The lowest BCUT2D eigenvalue weighted by atomic mass is 9.89. The van der Waals surface area contributed by atoms with E-state index in [-0.39, 0.29) is 0 Å². The van der Waals surface area contributed by atoms with Crippen molar-refractivity contribution in [3.8, 4) is 0 Å². The van der Waals surface area contributed by atoms with Crippen molar-refractivity contribution in [3.05, 3.63) is 0 Å². The molecule has 1 fully saturated rings. The van der Waals surface area contributed by atoms with E-state index < -0.39 is 0 Å². The second-order valence-corrected chi connectivity index (χ2v) is 4.28. The fraction of sp³-hybridized carbons (Fsp3) is 1.00. The molecular weight excluding hydrogens is 152 g/mol. The average molecular weight is 172 g/mol. The maximum absolute atomic E-state index is 5.17. The summed E-state index contributed by atoms with van der Waals surface area (Å²) in [5.41, 5.74) is 0.409. The van der Waals surface area contributed by atoms with E-state index in [0.29, 0.717) is 5.41 Å². The van der Waals surface area contributed by atoms with Crippen LogP contribution < -0.4 is 5.32 Å². The Bertz CT molecular complexity index is 132. The molecule has 1 heterocycles. The van der Waals surface area contributed by atoms with E-state index in [2.05, 4.69) is 31.2 Å². The molecule has 1 saturated heterocycles. The lowest BCUT2D eigenvalue weighted by molar-refractivity contribution is -0.0989. The highest BCUT2D eigenvalue weighted by molar-refractivity contribution is 4.82. The molecule has 0 unspecified atom stereocenters. The molecule has 12 heavy (non-hydrogen) atoms. The quantitative estimate of drug-likeness (QED) is 0.598. The molecule has 0 radical (unpaired) electrons. The van der Waals surface area contributed by atoms with Gasteiger partial charge < -0.3 is 15.0 Å². The number of ether oxygens (including phenoxy) is 1. The number of hydrogen-bond acceptors (Lipinski definition) is 3. The van der Waals surface area contributed by atoms with Crippen LogP contribution in [-0.4, -0.2) is 51.8 Å². The standard InChI is InChI=1S/C9H20N2O/c1-9(7-12-8-9)6-10-4-5-11(2)3/h10H,4-8H2,1-3H3. The van der Waals surface area contributed by atoms with E-state index in [9.17, 15) is 0 Å². The molecule has 0 aromatic rings. The summed E-state index contributed by atoms with van der Waals surface area (Å²) in [5.74, 6) is 0. The number of rotatable bonds is 5. The molecule has 3 nitrogen and oxygen atoms in total. The predicted octanol–water partition coefficient (Wildman–Crippen LogP) is 0.174. The molecular formula is C9H20N2O. The lowest BCUT2D eigenvalue weighted by Gasteiger charge is -2.38. The van der Waals surface area contributed by atoms with Crippen molar-refractivity contribution in [1.82, 2.24) is 10.2 Å². The predicted molar refractivity (Wildman–Crippen MR) is 50.3 cm³/mol. The van der Waals surface area contributed by atoms with Crippen molar-refractivity contribution in [2.75, 3.05) is 46.9 Å². The molecule has 0 amide bonds. The Morgan fingerprint density at radius 1 is 1.42 bits per heavy atom. The van der Waals surface area contributed by atoms with E-state index >= 15 is 0 Å². The van der Waals surface area contributed by atoms with Gasteiger partial charge in [-0.3, -0.25) is 0 Å². The monoisotopic (exact) mass is 172 g/mol. The Morgan fingerprint density at radius 2 is 2.08 bits per heavy atom. The maximum atomic E-state index is 5.17. The van der Waals surface area contributed by atoms with Crippen molar-refractivity contribution in [2.24, 2.45) is 5.41 Å². The molecule has 1 rings (SSSR count). The molecule has 0 spiro atoms. The zero-order valence-corrected chi connectivity index (χ0v) is 8.39. The van der Waals surface area contributed by atoms with Gasteiger partial charge in [-0.15, -0.1) is 0 Å². The first-order valence-corrected chi connectivity index (χ1v) is 4.56. The van der Waals surface area contributed by atoms with Crippen LogP contribution in [0.4, 0.5) is 0 Å². The summed E-state index contributed by atoms with van der Waals surface area (Å²) in [6.45, 7) is 7.36. The Morgan fingerprint density at radius 3 is 2.50 bits per heavy atom. The molecule has 0 atom stereocenters. The summed E-state index contributed by atoms with van der Waals surface area (Å²) < 4.78 is 5.17. The van der Waals surface area contributed by atoms with E-state index in [1.807, 2.05) is 0 Å². The molecule has 0 aliphatic carbocycles. The molecule has 3 heteroatoms. The maximum Gasteiger partial charge on any atom is 0.0554 e. The van der Waals surface area contributed by atoms with Crippen molar-refractivity contribution in [1.29, 1.82) is 0 Å². The van der Waals surface area contributed by atoms with Crippen LogP contribution in [0.2, 0.25) is 0 Å². The Balaban J connectivity index is 1.95. The second kappa shape index (κ2) is 4.21. The third kappa shape index (κ3) is 3.09. The van der Waals surface area contributed by atoms with Gasteiger partial charge in [0.05, 0.1) is 13.2 Å². The van der Waals surface area contributed by atoms with Crippen LogP contribution in [0.5, 0.6) is 0 Å². The molecule has 0 bridgehead atoms. The first kappa shape index (κ1) is 9.96. The Kier molecular flexibility index (Phi) is 3.50. The summed E-state index contributed by atoms with van der Waals surface area (Å²) >= 11 is 0. The topological polar surface area (TPSA) is 24.5 Å². The van der Waals surface area contributed by atoms with Gasteiger partial charge in [0.25, 0.3) is 0 Å². The van der Waals surface area contributed by atoms with E-state index in [1.165, 1.54) is 0 Å². The molecule has 1 N–H and O–H groups in total. The average Bonchev–Trinajstić information content (AvgIpc) is 1.94. The van der Waals surface area contributed by atoms with Crippen LogP contribution in [0.25, 0.3) is 0 Å². The minimum atomic E-state index is 0.409. The molecule has 0 aromatic heterocycles. The largest absolute Gasteiger partial charge is 0.380 e. The van der Waals surface area contributed by atoms with Crippen LogP contribution >= 0.6 is 0 Å². The van der Waals surface area contributed by atoms with Gasteiger partial charge in [-0.2, -0.15) is 0 Å². The lowest BCUT2D eigenvalue weighted by Crippen LogP contribution is -2.48. The van der Waals surface area contributed by atoms with E-state index in [0.717, 1.165) is 32.8 Å². The van der Waals surface area contributed by atoms with Crippen LogP contribution in [-0.2, 0) is 4.74 Å². The first-order chi connectivity index (χ1) is 5.62. The van der Waals surface area contributed by atoms with Crippen LogP contribution in [0.1, 0.15) is 6.92 Å². The first-order valence-electron chi connectivity index (χ1n) is 4.56. The smallest absolute Gasteiger partial charge is 0.0554 e. The van der Waals surface area contributed by atoms with E-state index in [1.54, 1.807) is 0 Å². The molecule has 1 aliphatic heterocycles. The Hall–Kier alpha value is -0.120. The fourth-order valence-electron chi connectivity index (χ4n) is 1.25. The SMILES string of the molecule is CN(C)CCNCC1(C)COC1. The molecule has 0 aromatic carbocycles. The summed E-state index contributed by atoms with van der Waals surface area (Å²) in [4.78, 5) is 2.19. The summed E-state index contributed by atoms with van der Waals surface area (Å²) in [5, 5.41) is 3.44. The van der Waals surface area contributed by atoms with Crippen LogP contribution in [0.3, 0.4) is 0 Å². The minimum Gasteiger partial charge on any atom is -0.380 e.